The van der Waals surface area contributed by atoms with Gasteiger partial charge >= 0.3 is 6.09 Å². The first-order valence-corrected chi connectivity index (χ1v) is 7.26. The van der Waals surface area contributed by atoms with E-state index in [4.69, 9.17) is 9.84 Å². The van der Waals surface area contributed by atoms with E-state index in [-0.39, 0.29) is 6.04 Å². The summed E-state index contributed by atoms with van der Waals surface area (Å²) < 4.78 is 5.31. The van der Waals surface area contributed by atoms with E-state index in [1.165, 1.54) is 0 Å². The normalized spacial score (nSPS) is 11.9. The van der Waals surface area contributed by atoms with Crippen LogP contribution < -0.4 is 15.4 Å². The minimum Gasteiger partial charge on any atom is -0.497 e. The number of methoxy groups -OCH3 is 1. The number of carboxylic acid groups (broad SMARTS) is 1. The number of pyridine rings is 1. The summed E-state index contributed by atoms with van der Waals surface area (Å²) in [6, 6.07) is 7.99. The van der Waals surface area contributed by atoms with Crippen molar-refractivity contribution < 1.29 is 14.6 Å². The van der Waals surface area contributed by atoms with E-state index in [0.717, 1.165) is 35.2 Å². The fourth-order valence-electron chi connectivity index (χ4n) is 2.34. The van der Waals surface area contributed by atoms with E-state index in [2.05, 4.69) is 22.5 Å². The third-order valence-corrected chi connectivity index (χ3v) is 3.42. The Morgan fingerprint density at radius 3 is 3.00 bits per heavy atom. The summed E-state index contributed by atoms with van der Waals surface area (Å²) in [6.07, 6.45) is 2.41. The summed E-state index contributed by atoms with van der Waals surface area (Å²) in [5, 5.41) is 15.4. The zero-order valence-corrected chi connectivity index (χ0v) is 12.8. The van der Waals surface area contributed by atoms with Gasteiger partial charge in [-0.1, -0.05) is 0 Å². The monoisotopic (exact) mass is 303 g/mol. The van der Waals surface area contributed by atoms with E-state index >= 15 is 0 Å². The first-order chi connectivity index (χ1) is 10.6. The standard InChI is InChI=1S/C16H21N3O3/c1-11(5-3-8-18-16(20)21)19-15-10-12(22-2)9-14-13(15)6-4-7-17-14/h4,6-7,9-11,18-19H,3,5,8H2,1-2H3,(H,20,21). The average Bonchev–Trinajstić information content (AvgIpc) is 2.51. The Balaban J connectivity index is 2.05. The highest BCUT2D eigenvalue weighted by molar-refractivity contribution is 5.92. The number of fused-ring (bicyclic) bond motifs is 1. The number of ether oxygens (including phenoxy) is 1. The molecule has 2 rings (SSSR count). The van der Waals surface area contributed by atoms with Crippen LogP contribution in [0.1, 0.15) is 19.8 Å². The zero-order valence-electron chi connectivity index (χ0n) is 12.8. The predicted molar refractivity (Wildman–Crippen MR) is 86.6 cm³/mol. The van der Waals surface area contributed by atoms with Crippen LogP contribution in [0.2, 0.25) is 0 Å². The molecular formula is C16H21N3O3. The van der Waals surface area contributed by atoms with Crippen LogP contribution in [0.15, 0.2) is 30.5 Å². The summed E-state index contributed by atoms with van der Waals surface area (Å²) >= 11 is 0. The summed E-state index contributed by atoms with van der Waals surface area (Å²) in [4.78, 5) is 14.8. The van der Waals surface area contributed by atoms with Crippen LogP contribution in [0.3, 0.4) is 0 Å². The summed E-state index contributed by atoms with van der Waals surface area (Å²) in [5.74, 6) is 0.758. The summed E-state index contributed by atoms with van der Waals surface area (Å²) in [6.45, 7) is 2.53. The zero-order chi connectivity index (χ0) is 15.9. The fraction of sp³-hybridized carbons (Fsp3) is 0.375. The van der Waals surface area contributed by atoms with Crippen LogP contribution in [0.4, 0.5) is 10.5 Å². The second-order valence-corrected chi connectivity index (χ2v) is 5.16. The Labute approximate surface area is 129 Å². The largest absolute Gasteiger partial charge is 0.497 e. The number of nitrogens with zero attached hydrogens (tertiary/aromatic N) is 1. The molecule has 0 radical (unpaired) electrons. The van der Waals surface area contributed by atoms with E-state index in [1.807, 2.05) is 24.3 Å². The molecule has 1 aromatic heterocycles. The number of hydrogen-bond acceptors (Lipinski definition) is 4. The molecule has 3 N–H and O–H groups in total. The van der Waals surface area contributed by atoms with Gasteiger partial charge in [0, 0.05) is 42.0 Å². The molecule has 0 aliphatic heterocycles. The smallest absolute Gasteiger partial charge is 0.404 e. The highest BCUT2D eigenvalue weighted by Gasteiger charge is 2.08. The number of aromatic nitrogens is 1. The quantitative estimate of drug-likeness (QED) is 0.685. The molecule has 1 aromatic carbocycles. The molecule has 1 heterocycles. The molecule has 118 valence electrons. The molecule has 1 atom stereocenters. The molecule has 1 amide bonds. The Morgan fingerprint density at radius 2 is 2.27 bits per heavy atom. The van der Waals surface area contributed by atoms with Gasteiger partial charge in [0.05, 0.1) is 12.6 Å². The minimum absolute atomic E-state index is 0.214. The minimum atomic E-state index is -0.981. The van der Waals surface area contributed by atoms with Crippen LogP contribution in [0.5, 0.6) is 5.75 Å². The van der Waals surface area contributed by atoms with Crippen LogP contribution in [0.25, 0.3) is 10.9 Å². The second-order valence-electron chi connectivity index (χ2n) is 5.16. The van der Waals surface area contributed by atoms with E-state index in [0.29, 0.717) is 6.54 Å². The topological polar surface area (TPSA) is 83.5 Å². The lowest BCUT2D eigenvalue weighted by Gasteiger charge is -2.17. The molecule has 0 fully saturated rings. The Bertz CT molecular complexity index is 646. The fourth-order valence-corrected chi connectivity index (χ4v) is 2.34. The van der Waals surface area contributed by atoms with Crippen molar-refractivity contribution in [2.24, 2.45) is 0 Å². The molecule has 1 unspecified atom stereocenters. The first kappa shape index (κ1) is 15.9. The number of rotatable bonds is 7. The highest BCUT2D eigenvalue weighted by Crippen LogP contribution is 2.28. The van der Waals surface area contributed by atoms with Crippen molar-refractivity contribution in [3.8, 4) is 5.75 Å². The summed E-state index contributed by atoms with van der Waals surface area (Å²) in [5.41, 5.74) is 1.85. The molecule has 6 heteroatoms. The Morgan fingerprint density at radius 1 is 1.45 bits per heavy atom. The van der Waals surface area contributed by atoms with Gasteiger partial charge < -0.3 is 20.5 Å². The van der Waals surface area contributed by atoms with Gasteiger partial charge in [-0.25, -0.2) is 4.79 Å². The van der Waals surface area contributed by atoms with E-state index in [1.54, 1.807) is 13.3 Å². The van der Waals surface area contributed by atoms with Gasteiger partial charge in [-0.05, 0) is 31.9 Å². The second kappa shape index (κ2) is 7.49. The molecule has 0 spiro atoms. The van der Waals surface area contributed by atoms with Gasteiger partial charge in [-0.2, -0.15) is 0 Å². The first-order valence-electron chi connectivity index (χ1n) is 7.26. The molecule has 6 nitrogen and oxygen atoms in total. The van der Waals surface area contributed by atoms with Gasteiger partial charge in [0.2, 0.25) is 0 Å². The lowest BCUT2D eigenvalue weighted by molar-refractivity contribution is 0.194. The number of hydrogen-bond donors (Lipinski definition) is 3. The average molecular weight is 303 g/mol. The van der Waals surface area contributed by atoms with Gasteiger partial charge in [0.25, 0.3) is 0 Å². The van der Waals surface area contributed by atoms with Crippen molar-refractivity contribution in [1.82, 2.24) is 10.3 Å². The number of amides is 1. The number of benzene rings is 1. The van der Waals surface area contributed by atoms with E-state index < -0.39 is 6.09 Å². The Kier molecular flexibility index (Phi) is 5.41. The maximum absolute atomic E-state index is 10.4. The molecular weight excluding hydrogens is 282 g/mol. The number of anilines is 1. The lowest BCUT2D eigenvalue weighted by Crippen LogP contribution is -2.24. The third kappa shape index (κ3) is 4.25. The molecule has 0 saturated heterocycles. The van der Waals surface area contributed by atoms with Crippen molar-refractivity contribution in [3.63, 3.8) is 0 Å². The van der Waals surface area contributed by atoms with Gasteiger partial charge in [-0.3, -0.25) is 4.98 Å². The van der Waals surface area contributed by atoms with Crippen molar-refractivity contribution >= 4 is 22.7 Å². The predicted octanol–water partition coefficient (Wildman–Crippen LogP) is 3.09. The number of carbonyl (C=O) groups is 1. The molecule has 0 aliphatic carbocycles. The maximum atomic E-state index is 10.4. The van der Waals surface area contributed by atoms with Crippen molar-refractivity contribution in [2.45, 2.75) is 25.8 Å². The Hall–Kier alpha value is -2.50. The number of nitrogens with one attached hydrogen (secondary N) is 2. The van der Waals surface area contributed by atoms with E-state index in [9.17, 15) is 4.79 Å². The van der Waals surface area contributed by atoms with Crippen LogP contribution in [-0.2, 0) is 0 Å². The van der Waals surface area contributed by atoms with Crippen molar-refractivity contribution in [2.75, 3.05) is 19.0 Å². The van der Waals surface area contributed by atoms with Gasteiger partial charge in [0.1, 0.15) is 5.75 Å². The maximum Gasteiger partial charge on any atom is 0.404 e. The molecule has 22 heavy (non-hydrogen) atoms. The van der Waals surface area contributed by atoms with Crippen molar-refractivity contribution in [3.05, 3.63) is 30.5 Å². The SMILES string of the molecule is COc1cc(NC(C)CCCNC(=O)O)c2cccnc2c1. The molecule has 2 aromatic rings. The van der Waals surface area contributed by atoms with Gasteiger partial charge in [0.15, 0.2) is 0 Å². The molecule has 0 aliphatic rings. The summed E-state index contributed by atoms with van der Waals surface area (Å²) in [7, 11) is 1.63. The van der Waals surface area contributed by atoms with Crippen LogP contribution >= 0.6 is 0 Å². The third-order valence-electron chi connectivity index (χ3n) is 3.42. The molecule has 0 bridgehead atoms. The lowest BCUT2D eigenvalue weighted by atomic mass is 10.1. The van der Waals surface area contributed by atoms with Crippen LogP contribution in [-0.4, -0.2) is 35.9 Å². The van der Waals surface area contributed by atoms with Gasteiger partial charge in [-0.15, -0.1) is 0 Å². The van der Waals surface area contributed by atoms with Crippen molar-refractivity contribution in [1.29, 1.82) is 0 Å². The molecule has 0 saturated carbocycles. The van der Waals surface area contributed by atoms with Crippen LogP contribution in [0, 0.1) is 0 Å². The highest BCUT2D eigenvalue weighted by atomic mass is 16.5.